The van der Waals surface area contributed by atoms with Crippen LogP contribution in [0, 0.1) is 0 Å². The summed E-state index contributed by atoms with van der Waals surface area (Å²) in [6.45, 7) is 0.904. The lowest BCUT2D eigenvalue weighted by Gasteiger charge is -2.32. The fraction of sp³-hybridized carbons (Fsp3) is 0.786. The first kappa shape index (κ1) is 17.8. The van der Waals surface area contributed by atoms with E-state index in [4.69, 9.17) is 14.2 Å². The Bertz CT molecular complexity index is 509. The van der Waals surface area contributed by atoms with E-state index in [1.54, 1.807) is 19.1 Å². The average Bonchev–Trinajstić information content (AvgIpc) is 3.00. The SMILES string of the molecule is COC(O)CCC(=O)N1CCc2n[nH]nc2[C@H](OC)[C@@H](OC)C1. The third kappa shape index (κ3) is 4.25. The van der Waals surface area contributed by atoms with Gasteiger partial charge in [0.1, 0.15) is 17.9 Å². The van der Waals surface area contributed by atoms with E-state index in [1.807, 2.05) is 0 Å². The topological polar surface area (TPSA) is 110 Å². The first-order chi connectivity index (χ1) is 11.1. The largest absolute Gasteiger partial charge is 0.376 e. The van der Waals surface area contributed by atoms with Gasteiger partial charge < -0.3 is 24.2 Å². The van der Waals surface area contributed by atoms with Gasteiger partial charge in [-0.2, -0.15) is 15.4 Å². The molecule has 0 aromatic carbocycles. The zero-order valence-electron chi connectivity index (χ0n) is 13.7. The second-order valence-electron chi connectivity index (χ2n) is 5.40. The van der Waals surface area contributed by atoms with Crippen LogP contribution in [-0.2, 0) is 25.4 Å². The number of nitrogens with one attached hydrogen (secondary N) is 1. The number of rotatable bonds is 6. The Kier molecular flexibility index (Phi) is 6.46. The molecule has 1 aliphatic heterocycles. The number of hydrogen-bond donors (Lipinski definition) is 2. The van der Waals surface area contributed by atoms with E-state index in [-0.39, 0.29) is 24.9 Å². The smallest absolute Gasteiger partial charge is 0.222 e. The molecular formula is C14H24N4O5. The molecule has 1 aromatic heterocycles. The summed E-state index contributed by atoms with van der Waals surface area (Å²) in [5.74, 6) is -0.0649. The van der Waals surface area contributed by atoms with Crippen molar-refractivity contribution < 1.29 is 24.1 Å². The molecule has 0 saturated carbocycles. The lowest BCUT2D eigenvalue weighted by Crippen LogP contribution is -2.44. The van der Waals surface area contributed by atoms with Crippen LogP contribution >= 0.6 is 0 Å². The third-order valence-electron chi connectivity index (χ3n) is 4.06. The molecule has 1 aliphatic rings. The van der Waals surface area contributed by atoms with Crippen LogP contribution in [0.25, 0.3) is 0 Å². The summed E-state index contributed by atoms with van der Waals surface area (Å²) in [5, 5.41) is 20.3. The molecule has 2 rings (SSSR count). The number of aliphatic hydroxyl groups is 1. The van der Waals surface area contributed by atoms with Crippen LogP contribution in [-0.4, -0.2) is 78.1 Å². The number of fused-ring (bicyclic) bond motifs is 1. The van der Waals surface area contributed by atoms with Gasteiger partial charge in [-0.3, -0.25) is 4.79 Å². The highest BCUT2D eigenvalue weighted by atomic mass is 16.6. The fourth-order valence-electron chi connectivity index (χ4n) is 2.70. The standard InChI is InChI=1S/C14H24N4O5/c1-21-10-8-18(11(19)4-5-12(20)22-2)7-6-9-13(14(10)23-3)16-17-15-9/h10,12,14,20H,4-8H2,1-3H3,(H,15,16,17)/t10-,12?,14+/m0/s1. The molecule has 1 aromatic rings. The monoisotopic (exact) mass is 328 g/mol. The molecule has 9 nitrogen and oxygen atoms in total. The summed E-state index contributed by atoms with van der Waals surface area (Å²) in [6, 6.07) is 0. The van der Waals surface area contributed by atoms with Gasteiger partial charge in [0, 0.05) is 53.7 Å². The van der Waals surface area contributed by atoms with Crippen molar-refractivity contribution in [1.82, 2.24) is 20.3 Å². The molecule has 23 heavy (non-hydrogen) atoms. The summed E-state index contributed by atoms with van der Waals surface area (Å²) < 4.78 is 15.8. The van der Waals surface area contributed by atoms with Gasteiger partial charge in [-0.05, 0) is 0 Å². The lowest BCUT2D eigenvalue weighted by atomic mass is 10.0. The number of carbonyl (C=O) groups excluding carboxylic acids is 1. The molecule has 0 fully saturated rings. The van der Waals surface area contributed by atoms with Crippen molar-refractivity contribution in [2.45, 2.75) is 37.8 Å². The van der Waals surface area contributed by atoms with Crippen LogP contribution in [0.3, 0.4) is 0 Å². The van der Waals surface area contributed by atoms with Gasteiger partial charge >= 0.3 is 0 Å². The van der Waals surface area contributed by atoms with E-state index in [0.29, 0.717) is 19.5 Å². The van der Waals surface area contributed by atoms with Crippen LogP contribution in [0.5, 0.6) is 0 Å². The van der Waals surface area contributed by atoms with Crippen LogP contribution in [0.2, 0.25) is 0 Å². The average molecular weight is 328 g/mol. The highest BCUT2D eigenvalue weighted by Gasteiger charge is 2.33. The predicted molar refractivity (Wildman–Crippen MR) is 79.5 cm³/mol. The molecule has 1 amide bonds. The van der Waals surface area contributed by atoms with E-state index in [1.165, 1.54) is 7.11 Å². The van der Waals surface area contributed by atoms with Crippen molar-refractivity contribution in [2.24, 2.45) is 0 Å². The number of aliphatic hydroxyl groups excluding tert-OH is 1. The highest BCUT2D eigenvalue weighted by Crippen LogP contribution is 2.26. The van der Waals surface area contributed by atoms with E-state index < -0.39 is 12.4 Å². The fourth-order valence-corrected chi connectivity index (χ4v) is 2.70. The van der Waals surface area contributed by atoms with Crippen LogP contribution in [0.4, 0.5) is 0 Å². The molecule has 2 N–H and O–H groups in total. The van der Waals surface area contributed by atoms with Crippen molar-refractivity contribution in [2.75, 3.05) is 34.4 Å². The van der Waals surface area contributed by atoms with Crippen LogP contribution in [0.15, 0.2) is 0 Å². The summed E-state index contributed by atoms with van der Waals surface area (Å²) in [7, 11) is 4.56. The number of ether oxygens (including phenoxy) is 3. The molecule has 0 saturated heterocycles. The van der Waals surface area contributed by atoms with Crippen LogP contribution < -0.4 is 0 Å². The number of aromatic amines is 1. The Hall–Kier alpha value is -1.55. The number of hydrogen-bond acceptors (Lipinski definition) is 7. The quantitative estimate of drug-likeness (QED) is 0.686. The molecule has 0 radical (unpaired) electrons. The summed E-state index contributed by atoms with van der Waals surface area (Å²) in [4.78, 5) is 14.1. The van der Waals surface area contributed by atoms with Crippen molar-refractivity contribution in [1.29, 1.82) is 0 Å². The number of carbonyl (C=O) groups is 1. The Morgan fingerprint density at radius 2 is 2.17 bits per heavy atom. The molecule has 130 valence electrons. The van der Waals surface area contributed by atoms with Gasteiger partial charge in [-0.1, -0.05) is 0 Å². The normalized spacial score (nSPS) is 23.0. The van der Waals surface area contributed by atoms with Gasteiger partial charge in [0.15, 0.2) is 6.29 Å². The molecule has 9 heteroatoms. The van der Waals surface area contributed by atoms with Crippen molar-refractivity contribution >= 4 is 5.91 Å². The zero-order chi connectivity index (χ0) is 16.8. The van der Waals surface area contributed by atoms with E-state index >= 15 is 0 Å². The Labute approximate surface area is 134 Å². The first-order valence-electron chi connectivity index (χ1n) is 7.54. The maximum absolute atomic E-state index is 12.4. The summed E-state index contributed by atoms with van der Waals surface area (Å²) in [5.41, 5.74) is 1.49. The minimum absolute atomic E-state index is 0.0649. The minimum Gasteiger partial charge on any atom is -0.376 e. The number of methoxy groups -OCH3 is 3. The van der Waals surface area contributed by atoms with Gasteiger partial charge in [0.05, 0.1) is 5.69 Å². The molecule has 0 aliphatic carbocycles. The molecule has 2 heterocycles. The number of H-pyrrole nitrogens is 1. The summed E-state index contributed by atoms with van der Waals surface area (Å²) >= 11 is 0. The maximum Gasteiger partial charge on any atom is 0.222 e. The van der Waals surface area contributed by atoms with Crippen molar-refractivity contribution in [3.63, 3.8) is 0 Å². The van der Waals surface area contributed by atoms with Gasteiger partial charge in [0.2, 0.25) is 5.91 Å². The zero-order valence-corrected chi connectivity index (χ0v) is 13.7. The first-order valence-corrected chi connectivity index (χ1v) is 7.54. The molecule has 0 spiro atoms. The van der Waals surface area contributed by atoms with E-state index in [9.17, 15) is 9.90 Å². The van der Waals surface area contributed by atoms with E-state index in [2.05, 4.69) is 15.4 Å². The van der Waals surface area contributed by atoms with Crippen molar-refractivity contribution in [3.05, 3.63) is 11.4 Å². The molecule has 0 bridgehead atoms. The van der Waals surface area contributed by atoms with Crippen molar-refractivity contribution in [3.8, 4) is 0 Å². The van der Waals surface area contributed by atoms with Gasteiger partial charge in [0.25, 0.3) is 0 Å². The molecule has 3 atom stereocenters. The number of aromatic nitrogens is 3. The molecule has 1 unspecified atom stereocenters. The maximum atomic E-state index is 12.4. The second kappa shape index (κ2) is 8.34. The molecular weight excluding hydrogens is 304 g/mol. The minimum atomic E-state index is -0.930. The summed E-state index contributed by atoms with van der Waals surface area (Å²) in [6.07, 6.45) is -0.628. The number of nitrogens with zero attached hydrogens (tertiary/aromatic N) is 3. The Morgan fingerprint density at radius 3 is 2.83 bits per heavy atom. The Balaban J connectivity index is 2.11. The lowest BCUT2D eigenvalue weighted by molar-refractivity contribution is -0.139. The predicted octanol–water partition coefficient (Wildman–Crippen LogP) is -0.363. The number of amides is 1. The van der Waals surface area contributed by atoms with Gasteiger partial charge in [-0.15, -0.1) is 0 Å². The second-order valence-corrected chi connectivity index (χ2v) is 5.40. The third-order valence-corrected chi connectivity index (χ3v) is 4.06. The van der Waals surface area contributed by atoms with E-state index in [0.717, 1.165) is 11.4 Å². The highest BCUT2D eigenvalue weighted by molar-refractivity contribution is 5.76. The van der Waals surface area contributed by atoms with Crippen LogP contribution in [0.1, 0.15) is 30.3 Å². The Morgan fingerprint density at radius 1 is 1.39 bits per heavy atom. The van der Waals surface area contributed by atoms with Gasteiger partial charge in [-0.25, -0.2) is 0 Å².